The molecule has 0 N–H and O–H groups in total. The molecule has 0 aromatic heterocycles. The van der Waals surface area contributed by atoms with Crippen LogP contribution in [0.25, 0.3) is 0 Å². The molecule has 3 nitrogen and oxygen atoms in total. The molecule has 3 heteroatoms. The Morgan fingerprint density at radius 2 is 1.91 bits per heavy atom. The number of benzene rings is 1. The van der Waals surface area contributed by atoms with Gasteiger partial charge in [-0.2, -0.15) is 0 Å². The molecular weight excluding hydrogens is 284 g/mol. The van der Waals surface area contributed by atoms with Crippen LogP contribution in [0.15, 0.2) is 18.2 Å². The van der Waals surface area contributed by atoms with Crippen molar-refractivity contribution in [3.05, 3.63) is 29.3 Å². The normalized spacial score (nSPS) is 15.3. The summed E-state index contributed by atoms with van der Waals surface area (Å²) in [5.41, 5.74) is 3.53. The molecule has 1 heterocycles. The standard InChI is InChI=1S/C18H28N2O.C2H6/c1-6-11-20(7-2)17(21)14-8-9-16-15(13-14)18(3,4)10-12-19(16)5;1-2/h8-9,13H,6-7,10-12H2,1-5H3;1-2H3. The molecule has 0 saturated carbocycles. The second kappa shape index (κ2) is 8.37. The second-order valence-corrected chi connectivity index (χ2v) is 6.67. The number of hydrogen-bond donors (Lipinski definition) is 0. The van der Waals surface area contributed by atoms with Crippen molar-refractivity contribution in [2.24, 2.45) is 0 Å². The van der Waals surface area contributed by atoms with Gasteiger partial charge in [-0.15, -0.1) is 0 Å². The first-order valence-corrected chi connectivity index (χ1v) is 9.05. The highest BCUT2D eigenvalue weighted by molar-refractivity contribution is 5.95. The number of nitrogens with zero attached hydrogens (tertiary/aromatic N) is 2. The van der Waals surface area contributed by atoms with Crippen LogP contribution in [-0.4, -0.2) is 37.5 Å². The third-order valence-corrected chi connectivity index (χ3v) is 4.62. The fraction of sp³-hybridized carbons (Fsp3) is 0.650. The van der Waals surface area contributed by atoms with Crippen LogP contribution < -0.4 is 4.90 Å². The molecule has 0 spiro atoms. The molecule has 0 saturated heterocycles. The summed E-state index contributed by atoms with van der Waals surface area (Å²) in [6.07, 6.45) is 2.12. The highest BCUT2D eigenvalue weighted by atomic mass is 16.2. The molecule has 0 radical (unpaired) electrons. The van der Waals surface area contributed by atoms with Crippen LogP contribution in [0.5, 0.6) is 0 Å². The van der Waals surface area contributed by atoms with Gasteiger partial charge in [0, 0.05) is 37.9 Å². The highest BCUT2D eigenvalue weighted by Gasteiger charge is 2.30. The monoisotopic (exact) mass is 318 g/mol. The van der Waals surface area contributed by atoms with E-state index in [1.807, 2.05) is 31.7 Å². The summed E-state index contributed by atoms with van der Waals surface area (Å²) in [5, 5.41) is 0. The van der Waals surface area contributed by atoms with E-state index in [1.54, 1.807) is 0 Å². The average Bonchev–Trinajstić information content (AvgIpc) is 2.57. The number of carbonyl (C=O) groups excluding carboxylic acids is 1. The summed E-state index contributed by atoms with van der Waals surface area (Å²) in [6, 6.07) is 6.21. The predicted octanol–water partition coefficient (Wildman–Crippen LogP) is 4.70. The van der Waals surface area contributed by atoms with Gasteiger partial charge < -0.3 is 9.80 Å². The molecular formula is C20H34N2O. The van der Waals surface area contributed by atoms with E-state index in [-0.39, 0.29) is 11.3 Å². The fourth-order valence-corrected chi connectivity index (χ4v) is 3.10. The van der Waals surface area contributed by atoms with Gasteiger partial charge in [-0.05, 0) is 48.9 Å². The van der Waals surface area contributed by atoms with Gasteiger partial charge >= 0.3 is 0 Å². The highest BCUT2D eigenvalue weighted by Crippen LogP contribution is 2.39. The first-order chi connectivity index (χ1) is 10.9. The van der Waals surface area contributed by atoms with E-state index in [0.717, 1.165) is 38.0 Å². The topological polar surface area (TPSA) is 23.6 Å². The Kier molecular flexibility index (Phi) is 7.11. The van der Waals surface area contributed by atoms with Crippen molar-refractivity contribution < 1.29 is 4.79 Å². The van der Waals surface area contributed by atoms with Crippen molar-refractivity contribution in [1.82, 2.24) is 4.90 Å². The Labute approximate surface area is 142 Å². The minimum atomic E-state index is 0.139. The molecule has 1 aliphatic rings. The number of hydrogen-bond acceptors (Lipinski definition) is 2. The van der Waals surface area contributed by atoms with Crippen LogP contribution in [-0.2, 0) is 5.41 Å². The van der Waals surface area contributed by atoms with Crippen molar-refractivity contribution in [1.29, 1.82) is 0 Å². The van der Waals surface area contributed by atoms with Crippen molar-refractivity contribution >= 4 is 11.6 Å². The molecule has 0 atom stereocenters. The zero-order valence-corrected chi connectivity index (χ0v) is 16.1. The zero-order valence-electron chi connectivity index (χ0n) is 16.1. The third kappa shape index (κ3) is 4.27. The van der Waals surface area contributed by atoms with Gasteiger partial charge in [0.25, 0.3) is 5.91 Å². The van der Waals surface area contributed by atoms with E-state index >= 15 is 0 Å². The molecule has 1 amide bonds. The minimum Gasteiger partial charge on any atom is -0.374 e. The Hall–Kier alpha value is -1.51. The lowest BCUT2D eigenvalue weighted by Gasteiger charge is -2.38. The number of carbonyl (C=O) groups is 1. The molecule has 2 rings (SSSR count). The van der Waals surface area contributed by atoms with E-state index in [4.69, 9.17) is 0 Å². The zero-order chi connectivity index (χ0) is 17.6. The SMILES string of the molecule is CC.CCCN(CC)C(=O)c1ccc2c(c1)C(C)(C)CCN2C. The summed E-state index contributed by atoms with van der Waals surface area (Å²) in [6.45, 7) is 15.4. The van der Waals surface area contributed by atoms with Gasteiger partial charge in [-0.1, -0.05) is 34.6 Å². The summed E-state index contributed by atoms with van der Waals surface area (Å²) in [4.78, 5) is 16.9. The Morgan fingerprint density at radius 1 is 1.26 bits per heavy atom. The third-order valence-electron chi connectivity index (χ3n) is 4.62. The van der Waals surface area contributed by atoms with Crippen LogP contribution in [0.3, 0.4) is 0 Å². The predicted molar refractivity (Wildman–Crippen MR) is 101 cm³/mol. The summed E-state index contributed by atoms with van der Waals surface area (Å²) >= 11 is 0. The first-order valence-electron chi connectivity index (χ1n) is 9.05. The van der Waals surface area contributed by atoms with Crippen molar-refractivity contribution in [3.8, 4) is 0 Å². The lowest BCUT2D eigenvalue weighted by molar-refractivity contribution is 0.0764. The van der Waals surface area contributed by atoms with Gasteiger partial charge in [0.2, 0.25) is 0 Å². The maximum atomic E-state index is 12.7. The van der Waals surface area contributed by atoms with Crippen LogP contribution >= 0.6 is 0 Å². The van der Waals surface area contributed by atoms with Gasteiger partial charge in [-0.3, -0.25) is 4.79 Å². The quantitative estimate of drug-likeness (QED) is 0.803. The number of anilines is 1. The number of amides is 1. The fourth-order valence-electron chi connectivity index (χ4n) is 3.10. The Bertz CT molecular complexity index is 522. The van der Waals surface area contributed by atoms with E-state index in [1.165, 1.54) is 11.3 Å². The molecule has 0 aliphatic carbocycles. The summed E-state index contributed by atoms with van der Waals surface area (Å²) in [5.74, 6) is 0.158. The summed E-state index contributed by atoms with van der Waals surface area (Å²) < 4.78 is 0. The average molecular weight is 319 g/mol. The van der Waals surface area contributed by atoms with Crippen molar-refractivity contribution in [2.45, 2.75) is 59.8 Å². The minimum absolute atomic E-state index is 0.139. The number of rotatable bonds is 4. The smallest absolute Gasteiger partial charge is 0.253 e. The van der Waals surface area contributed by atoms with Gasteiger partial charge in [0.15, 0.2) is 0 Å². The first kappa shape index (κ1) is 19.5. The van der Waals surface area contributed by atoms with E-state index in [0.29, 0.717) is 0 Å². The van der Waals surface area contributed by atoms with Gasteiger partial charge in [-0.25, -0.2) is 0 Å². The lowest BCUT2D eigenvalue weighted by Crippen LogP contribution is -2.36. The molecule has 1 aromatic rings. The molecule has 1 aromatic carbocycles. The molecule has 23 heavy (non-hydrogen) atoms. The maximum absolute atomic E-state index is 12.7. The number of fused-ring (bicyclic) bond motifs is 1. The van der Waals surface area contributed by atoms with Gasteiger partial charge in [0.1, 0.15) is 0 Å². The van der Waals surface area contributed by atoms with Crippen LogP contribution in [0.4, 0.5) is 5.69 Å². The molecule has 0 bridgehead atoms. The van der Waals surface area contributed by atoms with Crippen LogP contribution in [0, 0.1) is 0 Å². The van der Waals surface area contributed by atoms with Crippen LogP contribution in [0.1, 0.15) is 70.3 Å². The maximum Gasteiger partial charge on any atom is 0.253 e. The van der Waals surface area contributed by atoms with Crippen molar-refractivity contribution in [2.75, 3.05) is 31.6 Å². The molecule has 1 aliphatic heterocycles. The van der Waals surface area contributed by atoms with E-state index in [2.05, 4.69) is 44.9 Å². The van der Waals surface area contributed by atoms with Crippen molar-refractivity contribution in [3.63, 3.8) is 0 Å². The second-order valence-electron chi connectivity index (χ2n) is 6.67. The largest absolute Gasteiger partial charge is 0.374 e. The Morgan fingerprint density at radius 3 is 2.48 bits per heavy atom. The lowest BCUT2D eigenvalue weighted by atomic mass is 9.77. The summed E-state index contributed by atoms with van der Waals surface area (Å²) in [7, 11) is 2.13. The molecule has 0 unspecified atom stereocenters. The molecule has 130 valence electrons. The molecule has 0 fully saturated rings. The Balaban J connectivity index is 0.00000127. The van der Waals surface area contributed by atoms with Gasteiger partial charge in [0.05, 0.1) is 0 Å². The van der Waals surface area contributed by atoms with E-state index in [9.17, 15) is 4.79 Å². The van der Waals surface area contributed by atoms with E-state index < -0.39 is 0 Å². The van der Waals surface area contributed by atoms with Crippen LogP contribution in [0.2, 0.25) is 0 Å².